The predicted molar refractivity (Wildman–Crippen MR) is 187 cm³/mol. The largest absolute Gasteiger partial charge is 0.484 e. The lowest BCUT2D eigenvalue weighted by atomic mass is 9.93. The molecule has 4 rings (SSSR count). The second-order valence-corrected chi connectivity index (χ2v) is 13.5. The number of Topliss-reactive ketones (excluding diaryl/α,β-unsaturated/α-hetero) is 2. The summed E-state index contributed by atoms with van der Waals surface area (Å²) in [5.74, 6) is -6.64. The highest BCUT2D eigenvalue weighted by atomic mass is 79.9. The van der Waals surface area contributed by atoms with Crippen molar-refractivity contribution in [3.05, 3.63) is 151 Å². The second-order valence-electron chi connectivity index (χ2n) is 12.7. The average Bonchev–Trinajstić information content (AvgIpc) is 3.10. The molecular weight excluding hydrogens is 773 g/mol. The Morgan fingerprint density at radius 1 is 0.642 bits per heavy atom. The number of carbonyl (C=O) groups excluding carboxylic acids is 2. The van der Waals surface area contributed by atoms with E-state index in [4.69, 9.17) is 22.6 Å². The number of carbonyl (C=O) groups is 2. The Morgan fingerprint density at radius 2 is 1.00 bits per heavy atom. The molecule has 278 valence electrons. The summed E-state index contributed by atoms with van der Waals surface area (Å²) >= 11 is 3.09. The van der Waals surface area contributed by atoms with Crippen LogP contribution in [0.3, 0.4) is 0 Å². The topological polar surface area (TPSA) is 61.3 Å². The van der Waals surface area contributed by atoms with E-state index in [1.807, 2.05) is 26.0 Å². The van der Waals surface area contributed by atoms with E-state index in [2.05, 4.69) is 25.6 Å². The first kappa shape index (κ1) is 42.2. The molecule has 0 bridgehead atoms. The van der Waals surface area contributed by atoms with Gasteiger partial charge in [-0.1, -0.05) is 59.7 Å². The highest BCUT2D eigenvalue weighted by Gasteiger charge is 2.39. The summed E-state index contributed by atoms with van der Waals surface area (Å²) in [5, 5.41) is 0. The fraction of sp³-hybridized carbons (Fsp3) is 0.282. The van der Waals surface area contributed by atoms with Crippen molar-refractivity contribution < 1.29 is 49.8 Å². The maximum Gasteiger partial charge on any atom is 0.420 e. The number of ketones is 2. The molecule has 0 fully saturated rings. The zero-order valence-electron chi connectivity index (χ0n) is 28.8. The highest BCUT2D eigenvalue weighted by Crippen LogP contribution is 2.38. The lowest BCUT2D eigenvalue weighted by Crippen LogP contribution is -2.32. The molecule has 0 saturated heterocycles. The molecule has 0 spiro atoms. The molecule has 6 nitrogen and oxygen atoms in total. The molecule has 4 aromatic carbocycles. The van der Waals surface area contributed by atoms with Crippen LogP contribution in [0.5, 0.6) is 11.5 Å². The van der Waals surface area contributed by atoms with E-state index in [9.17, 15) is 40.3 Å². The van der Waals surface area contributed by atoms with Crippen LogP contribution in [0.4, 0.5) is 30.7 Å². The van der Waals surface area contributed by atoms with E-state index in [1.54, 1.807) is 43.3 Å². The van der Waals surface area contributed by atoms with Crippen molar-refractivity contribution in [2.24, 2.45) is 0 Å². The molecule has 0 aliphatic carbocycles. The fourth-order valence-corrected chi connectivity index (χ4v) is 5.00. The Hall–Kier alpha value is -5.21. The standard InChI is InChI=1S/C20H16F5NO2.C19H16BrF2NO2/c1-12-4-6-13(7-5-12)17(27)10-19(2,26-3)11-28-18-9-16(22)15(21)8-14(18)20(23,24)25;1-12-4-6-13(7-5-12)17(24)10-19(2,23-3)11-25-18-9-16(22)15(21)8-14(18)20/h4-9H,10-11H2,1-2H3;4-9H,10-11H2,1-2H3. The van der Waals surface area contributed by atoms with Crippen molar-refractivity contribution in [2.75, 3.05) is 13.2 Å². The third-order valence-electron chi connectivity index (χ3n) is 7.75. The lowest BCUT2D eigenvalue weighted by Gasteiger charge is -2.20. The van der Waals surface area contributed by atoms with E-state index >= 15 is 0 Å². The van der Waals surface area contributed by atoms with Crippen LogP contribution < -0.4 is 9.47 Å². The minimum absolute atomic E-state index is 0.00268. The van der Waals surface area contributed by atoms with Gasteiger partial charge in [-0.05, 0) is 41.9 Å². The number of alkyl halides is 3. The Bertz CT molecular complexity index is 2040. The predicted octanol–water partition coefficient (Wildman–Crippen LogP) is 11.0. The van der Waals surface area contributed by atoms with Crippen molar-refractivity contribution in [3.8, 4) is 11.5 Å². The minimum Gasteiger partial charge on any atom is -0.484 e. The average molecular weight is 806 g/mol. The van der Waals surface area contributed by atoms with Crippen LogP contribution in [0.2, 0.25) is 0 Å². The van der Waals surface area contributed by atoms with Crippen LogP contribution in [0, 0.1) is 50.3 Å². The van der Waals surface area contributed by atoms with Gasteiger partial charge >= 0.3 is 6.18 Å². The van der Waals surface area contributed by atoms with Gasteiger partial charge in [0, 0.05) is 37.1 Å². The molecular formula is C39H32BrF7N2O4. The molecule has 2 atom stereocenters. The van der Waals surface area contributed by atoms with Crippen molar-refractivity contribution in [1.29, 1.82) is 0 Å². The summed E-state index contributed by atoms with van der Waals surface area (Å²) in [6.07, 6.45) is -5.33. The number of benzene rings is 4. The third kappa shape index (κ3) is 11.9. The molecule has 4 aromatic rings. The molecule has 0 amide bonds. The molecule has 2 unspecified atom stereocenters. The maximum absolute atomic E-state index is 13.4. The van der Waals surface area contributed by atoms with Crippen LogP contribution >= 0.6 is 15.9 Å². The van der Waals surface area contributed by atoms with E-state index in [-0.39, 0.29) is 53.4 Å². The van der Waals surface area contributed by atoms with E-state index in [0.29, 0.717) is 11.1 Å². The minimum atomic E-state index is -4.98. The number of nitrogens with zero attached hydrogens (tertiary/aromatic N) is 2. The summed E-state index contributed by atoms with van der Waals surface area (Å²) in [6.45, 7) is 20.7. The van der Waals surface area contributed by atoms with E-state index in [1.165, 1.54) is 6.92 Å². The summed E-state index contributed by atoms with van der Waals surface area (Å²) in [4.78, 5) is 31.6. The fourth-order valence-electron chi connectivity index (χ4n) is 4.57. The molecule has 0 aromatic heterocycles. The van der Waals surface area contributed by atoms with Gasteiger partial charge in [-0.2, -0.15) is 13.2 Å². The van der Waals surface area contributed by atoms with Gasteiger partial charge in [0.05, 0.1) is 17.3 Å². The Labute approximate surface area is 310 Å². The van der Waals surface area contributed by atoms with Gasteiger partial charge < -0.3 is 19.2 Å². The van der Waals surface area contributed by atoms with Gasteiger partial charge in [-0.25, -0.2) is 30.7 Å². The summed E-state index contributed by atoms with van der Waals surface area (Å²) in [5.41, 5.74) is -1.26. The third-order valence-corrected chi connectivity index (χ3v) is 8.37. The first-order chi connectivity index (χ1) is 24.7. The van der Waals surface area contributed by atoms with Gasteiger partial charge in [-0.3, -0.25) is 9.59 Å². The van der Waals surface area contributed by atoms with Gasteiger partial charge in [0.15, 0.2) is 48.0 Å². The quantitative estimate of drug-likeness (QED) is 0.0619. The Kier molecular flexibility index (Phi) is 14.0. The number of ether oxygens (including phenoxy) is 2. The first-order valence-electron chi connectivity index (χ1n) is 15.6. The number of rotatable bonds is 12. The molecule has 0 radical (unpaired) electrons. The van der Waals surface area contributed by atoms with Gasteiger partial charge in [0.2, 0.25) is 0 Å². The van der Waals surface area contributed by atoms with E-state index < -0.39 is 58.4 Å². The van der Waals surface area contributed by atoms with Crippen molar-refractivity contribution in [2.45, 2.75) is 57.8 Å². The molecule has 0 heterocycles. The van der Waals surface area contributed by atoms with Gasteiger partial charge in [0.1, 0.15) is 17.1 Å². The number of hydrogen-bond acceptors (Lipinski definition) is 4. The SMILES string of the molecule is [C-]#[N+]C(C)(COc1cc(F)c(F)cc1Br)CC(=O)c1ccc(C)cc1.[C-]#[N+]C(C)(COc1cc(F)c(F)cc1C(F)(F)F)CC(=O)c1ccc(C)cc1. The smallest absolute Gasteiger partial charge is 0.420 e. The normalized spacial score (nSPS) is 13.2. The molecule has 53 heavy (non-hydrogen) atoms. The lowest BCUT2D eigenvalue weighted by molar-refractivity contribution is -0.139. The zero-order valence-corrected chi connectivity index (χ0v) is 30.4. The second kappa shape index (κ2) is 17.5. The molecule has 0 aliphatic rings. The number of hydrogen-bond donors (Lipinski definition) is 0. The van der Waals surface area contributed by atoms with Gasteiger partial charge in [-0.15, -0.1) is 0 Å². The highest BCUT2D eigenvalue weighted by molar-refractivity contribution is 9.10. The summed E-state index contributed by atoms with van der Waals surface area (Å²) in [7, 11) is 0. The molecule has 14 heteroatoms. The molecule has 0 saturated carbocycles. The molecule has 0 aliphatic heterocycles. The van der Waals surface area contributed by atoms with Crippen molar-refractivity contribution in [3.63, 3.8) is 0 Å². The van der Waals surface area contributed by atoms with Crippen molar-refractivity contribution in [1.82, 2.24) is 0 Å². The summed E-state index contributed by atoms with van der Waals surface area (Å²) in [6, 6.07) is 15.8. The summed E-state index contributed by atoms with van der Waals surface area (Å²) < 4.78 is 103. The number of aryl methyl sites for hydroxylation is 2. The maximum atomic E-state index is 13.4. The van der Waals surface area contributed by atoms with Crippen LogP contribution in [0.15, 0.2) is 77.3 Å². The van der Waals surface area contributed by atoms with Gasteiger partial charge in [0.25, 0.3) is 11.1 Å². The zero-order chi connectivity index (χ0) is 39.7. The first-order valence-corrected chi connectivity index (χ1v) is 16.4. The molecule has 0 N–H and O–H groups in total. The van der Waals surface area contributed by atoms with Crippen molar-refractivity contribution >= 4 is 27.5 Å². The van der Waals surface area contributed by atoms with E-state index in [0.717, 1.165) is 23.3 Å². The Morgan fingerprint density at radius 3 is 1.40 bits per heavy atom. The van der Waals surface area contributed by atoms with Crippen LogP contribution in [0.1, 0.15) is 64.1 Å². The van der Waals surface area contributed by atoms with Crippen LogP contribution in [-0.2, 0) is 6.18 Å². The van der Waals surface area contributed by atoms with Crippen LogP contribution in [0.25, 0.3) is 9.69 Å². The van der Waals surface area contributed by atoms with Crippen LogP contribution in [-0.4, -0.2) is 35.9 Å². The monoisotopic (exact) mass is 804 g/mol. The number of halogens is 8. The Balaban J connectivity index is 0.000000287.